The number of alkyl carbamates (subject to hydrolysis) is 1. The number of methoxy groups -OCH3 is 1. The van der Waals surface area contributed by atoms with Crippen LogP contribution >= 0.6 is 0 Å². The Morgan fingerprint density at radius 2 is 2.17 bits per heavy atom. The van der Waals surface area contributed by atoms with Crippen molar-refractivity contribution >= 4 is 6.09 Å². The van der Waals surface area contributed by atoms with Crippen molar-refractivity contribution in [2.45, 2.75) is 31.7 Å². The van der Waals surface area contributed by atoms with Crippen LogP contribution in [0.5, 0.6) is 0 Å². The predicted molar refractivity (Wildman–Crippen MR) is 68.3 cm³/mol. The van der Waals surface area contributed by atoms with Gasteiger partial charge in [-0.1, -0.05) is 12.8 Å². The molecule has 0 spiro atoms. The number of piperidine rings is 1. The number of hydrogen-bond donors (Lipinski definition) is 2. The highest BCUT2D eigenvalue weighted by atomic mass is 16.5. The lowest BCUT2D eigenvalue weighted by Gasteiger charge is -2.37. The van der Waals surface area contributed by atoms with Crippen LogP contribution in [0.4, 0.5) is 4.79 Å². The molecule has 1 saturated heterocycles. The van der Waals surface area contributed by atoms with Crippen LogP contribution in [0.1, 0.15) is 25.7 Å². The van der Waals surface area contributed by atoms with Gasteiger partial charge in [0.05, 0.1) is 13.7 Å². The number of aliphatic hydroxyl groups is 1. The molecule has 1 aliphatic heterocycles. The van der Waals surface area contributed by atoms with E-state index < -0.39 is 0 Å². The van der Waals surface area contributed by atoms with Crippen LogP contribution in [0, 0.1) is 11.8 Å². The molecule has 1 saturated carbocycles. The van der Waals surface area contributed by atoms with Crippen molar-refractivity contribution in [2.24, 2.45) is 11.8 Å². The second-order valence-corrected chi connectivity index (χ2v) is 5.60. The molecule has 1 amide bonds. The molecular weight excluding hydrogens is 232 g/mol. The largest absolute Gasteiger partial charge is 0.453 e. The fraction of sp³-hybridized carbons (Fsp3) is 0.923. The molecule has 2 rings (SSSR count). The van der Waals surface area contributed by atoms with Gasteiger partial charge in [-0.2, -0.15) is 0 Å². The minimum atomic E-state index is -0.351. The Labute approximate surface area is 108 Å². The first-order chi connectivity index (χ1) is 8.71. The van der Waals surface area contributed by atoms with Crippen molar-refractivity contribution in [3.05, 3.63) is 0 Å². The summed E-state index contributed by atoms with van der Waals surface area (Å²) in [5.74, 6) is 1.54. The molecule has 5 nitrogen and oxygen atoms in total. The van der Waals surface area contributed by atoms with Crippen molar-refractivity contribution < 1.29 is 14.6 Å². The molecule has 5 heteroatoms. The Balaban J connectivity index is 1.85. The summed E-state index contributed by atoms with van der Waals surface area (Å²) in [5, 5.41) is 12.0. The number of rotatable bonds is 5. The van der Waals surface area contributed by atoms with Crippen LogP contribution in [0.2, 0.25) is 0 Å². The summed E-state index contributed by atoms with van der Waals surface area (Å²) in [4.78, 5) is 13.5. The van der Waals surface area contributed by atoms with E-state index in [0.29, 0.717) is 12.5 Å². The van der Waals surface area contributed by atoms with Crippen molar-refractivity contribution in [2.75, 3.05) is 33.4 Å². The first-order valence-electron chi connectivity index (χ1n) is 6.89. The van der Waals surface area contributed by atoms with Crippen molar-refractivity contribution in [1.82, 2.24) is 10.2 Å². The fourth-order valence-electron chi connectivity index (χ4n) is 2.95. The van der Waals surface area contributed by atoms with E-state index in [-0.39, 0.29) is 18.7 Å². The Morgan fingerprint density at radius 3 is 2.78 bits per heavy atom. The number of nitrogens with one attached hydrogen (secondary N) is 1. The minimum Gasteiger partial charge on any atom is -0.453 e. The molecule has 2 aliphatic rings. The van der Waals surface area contributed by atoms with Gasteiger partial charge in [0.15, 0.2) is 0 Å². The van der Waals surface area contributed by atoms with Crippen molar-refractivity contribution in [3.63, 3.8) is 0 Å². The molecule has 0 aromatic carbocycles. The zero-order chi connectivity index (χ0) is 13.0. The van der Waals surface area contributed by atoms with Crippen LogP contribution < -0.4 is 5.32 Å². The van der Waals surface area contributed by atoms with Gasteiger partial charge in [-0.05, 0) is 24.7 Å². The van der Waals surface area contributed by atoms with Crippen molar-refractivity contribution in [3.8, 4) is 0 Å². The van der Waals surface area contributed by atoms with Crippen LogP contribution in [0.25, 0.3) is 0 Å². The van der Waals surface area contributed by atoms with Crippen LogP contribution in [0.15, 0.2) is 0 Å². The Kier molecular flexibility index (Phi) is 4.83. The zero-order valence-corrected chi connectivity index (χ0v) is 11.1. The molecule has 2 unspecified atom stereocenters. The third-order valence-electron chi connectivity index (χ3n) is 3.90. The molecular formula is C13H24N2O3. The van der Waals surface area contributed by atoms with Gasteiger partial charge in [0.25, 0.3) is 0 Å². The number of hydrogen-bond acceptors (Lipinski definition) is 4. The molecule has 1 aliphatic carbocycles. The fourth-order valence-corrected chi connectivity index (χ4v) is 2.95. The van der Waals surface area contributed by atoms with Gasteiger partial charge in [-0.3, -0.25) is 4.90 Å². The summed E-state index contributed by atoms with van der Waals surface area (Å²) in [6, 6.07) is 0.154. The normalized spacial score (nSPS) is 29.0. The second kappa shape index (κ2) is 6.38. The number of carbonyl (C=O) groups is 1. The maximum atomic E-state index is 11.3. The summed E-state index contributed by atoms with van der Waals surface area (Å²) in [5.41, 5.74) is 0. The van der Waals surface area contributed by atoms with Gasteiger partial charge in [0.2, 0.25) is 0 Å². The highest BCUT2D eigenvalue weighted by molar-refractivity contribution is 5.67. The molecule has 0 aromatic rings. The SMILES string of the molecule is COC(=O)NC1CC(CC2CC2)CN(CCO)C1. The van der Waals surface area contributed by atoms with E-state index in [1.807, 2.05) is 0 Å². The topological polar surface area (TPSA) is 61.8 Å². The lowest BCUT2D eigenvalue weighted by Crippen LogP contribution is -2.51. The first kappa shape index (κ1) is 13.6. The maximum Gasteiger partial charge on any atom is 0.407 e. The van der Waals surface area contributed by atoms with E-state index in [1.54, 1.807) is 0 Å². The summed E-state index contributed by atoms with van der Waals surface area (Å²) >= 11 is 0. The second-order valence-electron chi connectivity index (χ2n) is 5.60. The molecule has 2 N–H and O–H groups in total. The lowest BCUT2D eigenvalue weighted by atomic mass is 9.90. The molecule has 0 radical (unpaired) electrons. The highest BCUT2D eigenvalue weighted by Gasteiger charge is 2.32. The third-order valence-corrected chi connectivity index (χ3v) is 3.90. The highest BCUT2D eigenvalue weighted by Crippen LogP contribution is 2.37. The quantitative estimate of drug-likeness (QED) is 0.764. The van der Waals surface area contributed by atoms with E-state index in [4.69, 9.17) is 5.11 Å². The Bertz CT molecular complexity index is 281. The average Bonchev–Trinajstić information content (AvgIpc) is 3.13. The summed E-state index contributed by atoms with van der Waals surface area (Å²) in [6.45, 7) is 2.74. The smallest absolute Gasteiger partial charge is 0.407 e. The number of β-amino-alcohol motifs (C(OH)–C–C–N with tert-alkyl or cyclic N) is 1. The van der Waals surface area contributed by atoms with Gasteiger partial charge >= 0.3 is 6.09 Å². The Hall–Kier alpha value is -0.810. The predicted octanol–water partition coefficient (Wildman–Crippen LogP) is 0.825. The van der Waals surface area contributed by atoms with Gasteiger partial charge in [-0.15, -0.1) is 0 Å². The number of ether oxygens (including phenoxy) is 1. The summed E-state index contributed by atoms with van der Waals surface area (Å²) in [7, 11) is 1.39. The average molecular weight is 256 g/mol. The minimum absolute atomic E-state index is 0.154. The van der Waals surface area contributed by atoms with E-state index >= 15 is 0 Å². The molecule has 2 fully saturated rings. The first-order valence-corrected chi connectivity index (χ1v) is 6.89. The van der Waals surface area contributed by atoms with E-state index in [0.717, 1.165) is 25.4 Å². The van der Waals surface area contributed by atoms with E-state index in [1.165, 1.54) is 26.4 Å². The molecule has 0 aromatic heterocycles. The number of aliphatic hydroxyl groups excluding tert-OH is 1. The summed E-state index contributed by atoms with van der Waals surface area (Å²) in [6.07, 6.45) is 4.68. The van der Waals surface area contributed by atoms with Crippen molar-refractivity contribution in [1.29, 1.82) is 0 Å². The monoisotopic (exact) mass is 256 g/mol. The number of carbonyl (C=O) groups excluding carboxylic acids is 1. The number of nitrogens with zero attached hydrogens (tertiary/aromatic N) is 1. The van der Waals surface area contributed by atoms with Gasteiger partial charge in [0.1, 0.15) is 0 Å². The van der Waals surface area contributed by atoms with Crippen LogP contribution in [-0.2, 0) is 4.74 Å². The van der Waals surface area contributed by atoms with Gasteiger partial charge in [-0.25, -0.2) is 4.79 Å². The van der Waals surface area contributed by atoms with Gasteiger partial charge in [0, 0.05) is 25.7 Å². The third kappa shape index (κ3) is 4.14. The molecule has 2 atom stereocenters. The molecule has 18 heavy (non-hydrogen) atoms. The molecule has 104 valence electrons. The van der Waals surface area contributed by atoms with Crippen LogP contribution in [0.3, 0.4) is 0 Å². The van der Waals surface area contributed by atoms with Gasteiger partial charge < -0.3 is 15.2 Å². The number of amides is 1. The standard InChI is InChI=1S/C13H24N2O3/c1-18-13(17)14-12-7-11(6-10-2-3-10)8-15(9-12)4-5-16/h10-12,16H,2-9H2,1H3,(H,14,17). The lowest BCUT2D eigenvalue weighted by molar-refractivity contribution is 0.103. The molecule has 0 bridgehead atoms. The maximum absolute atomic E-state index is 11.3. The zero-order valence-electron chi connectivity index (χ0n) is 11.1. The Morgan fingerprint density at radius 1 is 1.39 bits per heavy atom. The molecule has 1 heterocycles. The van der Waals surface area contributed by atoms with E-state index in [2.05, 4.69) is 15.0 Å². The van der Waals surface area contributed by atoms with E-state index in [9.17, 15) is 4.79 Å². The van der Waals surface area contributed by atoms with Crippen LogP contribution in [-0.4, -0.2) is 55.5 Å². The summed E-state index contributed by atoms with van der Waals surface area (Å²) < 4.78 is 4.66. The number of likely N-dealkylation sites (tertiary alicyclic amines) is 1.